The van der Waals surface area contributed by atoms with Crippen molar-refractivity contribution in [3.63, 3.8) is 0 Å². The lowest BCUT2D eigenvalue weighted by molar-refractivity contribution is -0.385. The van der Waals surface area contributed by atoms with Crippen LogP contribution in [0.15, 0.2) is 71.8 Å². The highest BCUT2D eigenvalue weighted by molar-refractivity contribution is 7.93. The summed E-state index contributed by atoms with van der Waals surface area (Å²) in [6, 6.07) is 15.7. The second-order valence-electron chi connectivity index (χ2n) is 6.24. The van der Waals surface area contributed by atoms with E-state index in [1.165, 1.54) is 19.2 Å². The van der Waals surface area contributed by atoms with E-state index in [0.29, 0.717) is 18.7 Å². The number of nitrogens with one attached hydrogen (secondary N) is 2. The number of nitro benzene ring substituents is 1. The Hall–Kier alpha value is -3.66. The number of nitrogens with zero attached hydrogens (tertiary/aromatic N) is 2. The number of nitro groups is 1. The van der Waals surface area contributed by atoms with Gasteiger partial charge in [0.25, 0.3) is 15.7 Å². The maximum absolute atomic E-state index is 13.1. The number of benzene rings is 2. The Labute approximate surface area is 173 Å². The van der Waals surface area contributed by atoms with E-state index >= 15 is 0 Å². The minimum Gasteiger partial charge on any atom is -0.495 e. The van der Waals surface area contributed by atoms with E-state index in [1.54, 1.807) is 30.5 Å². The molecule has 0 fully saturated rings. The first-order valence-electron chi connectivity index (χ1n) is 8.99. The minimum atomic E-state index is -4.14. The fraction of sp³-hybridized carbons (Fsp3) is 0.150. The van der Waals surface area contributed by atoms with E-state index in [0.717, 1.165) is 11.8 Å². The third-order valence-electron chi connectivity index (χ3n) is 4.24. The summed E-state index contributed by atoms with van der Waals surface area (Å²) in [6.45, 7) is 0.395. The monoisotopic (exact) mass is 428 g/mol. The first-order chi connectivity index (χ1) is 14.4. The van der Waals surface area contributed by atoms with Crippen LogP contribution in [0.4, 0.5) is 17.1 Å². The summed E-state index contributed by atoms with van der Waals surface area (Å²) in [6.07, 6.45) is 2.23. The van der Waals surface area contributed by atoms with Crippen molar-refractivity contribution in [2.45, 2.75) is 11.3 Å². The zero-order chi connectivity index (χ0) is 21.6. The van der Waals surface area contributed by atoms with E-state index in [9.17, 15) is 18.5 Å². The van der Waals surface area contributed by atoms with E-state index in [-0.39, 0.29) is 22.0 Å². The molecule has 1 aromatic heterocycles. The molecule has 0 aliphatic rings. The van der Waals surface area contributed by atoms with Gasteiger partial charge < -0.3 is 10.1 Å². The zero-order valence-electron chi connectivity index (χ0n) is 16.1. The molecule has 0 saturated carbocycles. The van der Waals surface area contributed by atoms with Crippen LogP contribution in [0.5, 0.6) is 5.75 Å². The summed E-state index contributed by atoms with van der Waals surface area (Å²) in [5.74, 6) is 0.330. The third kappa shape index (κ3) is 5.03. The van der Waals surface area contributed by atoms with Gasteiger partial charge in [-0.25, -0.2) is 8.42 Å². The number of hydrogen-bond donors (Lipinski definition) is 2. The van der Waals surface area contributed by atoms with E-state index < -0.39 is 14.9 Å². The van der Waals surface area contributed by atoms with Crippen LogP contribution in [0.1, 0.15) is 5.69 Å². The number of non-ortho nitro benzene ring substituents is 1. The summed E-state index contributed by atoms with van der Waals surface area (Å²) in [5, 5.41) is 14.2. The van der Waals surface area contributed by atoms with Crippen molar-refractivity contribution < 1.29 is 18.1 Å². The summed E-state index contributed by atoms with van der Waals surface area (Å²) >= 11 is 0. The molecule has 0 unspecified atom stereocenters. The minimum absolute atomic E-state index is 0.228. The highest BCUT2D eigenvalue weighted by Gasteiger charge is 2.23. The molecule has 0 bridgehead atoms. The van der Waals surface area contributed by atoms with Crippen molar-refractivity contribution in [3.05, 3.63) is 82.7 Å². The molecular formula is C20H20N4O5S. The Morgan fingerprint density at radius 1 is 1.07 bits per heavy atom. The molecule has 0 atom stereocenters. The maximum atomic E-state index is 13.1. The Morgan fingerprint density at radius 3 is 2.53 bits per heavy atom. The van der Waals surface area contributed by atoms with Crippen LogP contribution >= 0.6 is 0 Å². The smallest absolute Gasteiger partial charge is 0.270 e. The molecule has 3 aromatic rings. The van der Waals surface area contributed by atoms with Gasteiger partial charge in [-0.2, -0.15) is 0 Å². The van der Waals surface area contributed by atoms with Gasteiger partial charge in [0.05, 0.1) is 23.4 Å². The molecule has 30 heavy (non-hydrogen) atoms. The van der Waals surface area contributed by atoms with Crippen molar-refractivity contribution in [2.24, 2.45) is 0 Å². The van der Waals surface area contributed by atoms with Gasteiger partial charge in [0.15, 0.2) is 0 Å². The summed E-state index contributed by atoms with van der Waals surface area (Å²) in [7, 11) is -2.72. The van der Waals surface area contributed by atoms with Crippen LogP contribution in [0.25, 0.3) is 0 Å². The number of ether oxygens (including phenoxy) is 1. The van der Waals surface area contributed by atoms with E-state index in [4.69, 9.17) is 4.74 Å². The average molecular weight is 428 g/mol. The molecule has 0 spiro atoms. The van der Waals surface area contributed by atoms with Crippen LogP contribution in [-0.2, 0) is 16.4 Å². The predicted molar refractivity (Wildman–Crippen MR) is 113 cm³/mol. The molecule has 0 amide bonds. The molecule has 2 aromatic carbocycles. The number of para-hydroxylation sites is 2. The largest absolute Gasteiger partial charge is 0.495 e. The first-order valence-corrected chi connectivity index (χ1v) is 10.5. The fourth-order valence-corrected chi connectivity index (χ4v) is 4.07. The maximum Gasteiger partial charge on any atom is 0.270 e. The summed E-state index contributed by atoms with van der Waals surface area (Å²) in [5.41, 5.74) is 0.985. The van der Waals surface area contributed by atoms with Crippen LogP contribution in [0, 0.1) is 10.1 Å². The van der Waals surface area contributed by atoms with Crippen LogP contribution < -0.4 is 14.8 Å². The molecule has 3 rings (SSSR count). The van der Waals surface area contributed by atoms with E-state index in [1.807, 2.05) is 18.2 Å². The van der Waals surface area contributed by atoms with Gasteiger partial charge in [0.2, 0.25) is 0 Å². The number of aromatic nitrogens is 1. The Balaban J connectivity index is 1.90. The van der Waals surface area contributed by atoms with Crippen molar-refractivity contribution in [3.8, 4) is 5.75 Å². The second-order valence-corrected chi connectivity index (χ2v) is 7.89. The standard InChI is InChI=1S/C20H20N4O5S/c1-29-19-8-3-2-7-17(19)23-30(27,28)20-14-16(24(25)26)9-10-18(20)22-13-11-15-6-4-5-12-21-15/h2-10,12,14,22-23H,11,13H2,1H3. The first kappa shape index (κ1) is 21.1. The molecule has 0 aliphatic heterocycles. The Morgan fingerprint density at radius 2 is 1.83 bits per heavy atom. The number of methoxy groups -OCH3 is 1. The van der Waals surface area contributed by atoms with E-state index in [2.05, 4.69) is 15.0 Å². The molecule has 10 heteroatoms. The quantitative estimate of drug-likeness (QED) is 0.395. The topological polar surface area (TPSA) is 123 Å². The van der Waals surface area contributed by atoms with Gasteiger partial charge in [0.1, 0.15) is 10.6 Å². The Bertz CT molecular complexity index is 1140. The average Bonchev–Trinajstić information content (AvgIpc) is 2.74. The molecule has 0 saturated heterocycles. The van der Waals surface area contributed by atoms with Crippen LogP contribution in [-0.4, -0.2) is 32.0 Å². The van der Waals surface area contributed by atoms with Crippen LogP contribution in [0.3, 0.4) is 0 Å². The van der Waals surface area contributed by atoms with Gasteiger partial charge in [-0.15, -0.1) is 0 Å². The second kappa shape index (κ2) is 9.23. The summed E-state index contributed by atoms with van der Waals surface area (Å²) in [4.78, 5) is 14.5. The van der Waals surface area contributed by atoms with Crippen molar-refractivity contribution in [1.29, 1.82) is 0 Å². The van der Waals surface area contributed by atoms with Gasteiger partial charge in [-0.1, -0.05) is 18.2 Å². The predicted octanol–water partition coefficient (Wildman–Crippen LogP) is 3.45. The number of rotatable bonds is 9. The van der Waals surface area contributed by atoms with Gasteiger partial charge in [0, 0.05) is 37.0 Å². The molecule has 0 aliphatic carbocycles. The lowest BCUT2D eigenvalue weighted by Crippen LogP contribution is -2.17. The highest BCUT2D eigenvalue weighted by Crippen LogP contribution is 2.31. The third-order valence-corrected chi connectivity index (χ3v) is 5.65. The van der Waals surface area contributed by atoms with Gasteiger partial charge >= 0.3 is 0 Å². The van der Waals surface area contributed by atoms with Crippen LogP contribution in [0.2, 0.25) is 0 Å². The lowest BCUT2D eigenvalue weighted by Gasteiger charge is -2.15. The van der Waals surface area contributed by atoms with Gasteiger partial charge in [-0.3, -0.25) is 19.8 Å². The number of pyridine rings is 1. The Kier molecular flexibility index (Phi) is 6.48. The molecule has 9 nitrogen and oxygen atoms in total. The lowest BCUT2D eigenvalue weighted by atomic mass is 10.2. The van der Waals surface area contributed by atoms with Crippen molar-refractivity contribution in [2.75, 3.05) is 23.7 Å². The zero-order valence-corrected chi connectivity index (χ0v) is 16.9. The molecule has 2 N–H and O–H groups in total. The number of hydrogen-bond acceptors (Lipinski definition) is 7. The summed E-state index contributed by atoms with van der Waals surface area (Å²) < 4.78 is 33.7. The SMILES string of the molecule is COc1ccccc1NS(=O)(=O)c1cc([N+](=O)[O-])ccc1NCCc1ccccn1. The fourth-order valence-electron chi connectivity index (χ4n) is 2.79. The number of anilines is 2. The molecule has 1 heterocycles. The molecule has 156 valence electrons. The normalized spacial score (nSPS) is 11.0. The number of sulfonamides is 1. The molecule has 0 radical (unpaired) electrons. The van der Waals surface area contributed by atoms with Crippen molar-refractivity contribution >= 4 is 27.1 Å². The molecular weight excluding hydrogens is 408 g/mol. The highest BCUT2D eigenvalue weighted by atomic mass is 32.2. The van der Waals surface area contributed by atoms with Gasteiger partial charge in [-0.05, 0) is 30.3 Å². The van der Waals surface area contributed by atoms with Crippen molar-refractivity contribution in [1.82, 2.24) is 4.98 Å².